The molecule has 0 saturated carbocycles. The summed E-state index contributed by atoms with van der Waals surface area (Å²) in [4.78, 5) is 24.2. The minimum Gasteiger partial charge on any atom is -0.326 e. The van der Waals surface area contributed by atoms with Crippen LogP contribution in [0.2, 0.25) is 0 Å². The van der Waals surface area contributed by atoms with E-state index in [0.29, 0.717) is 6.42 Å². The predicted octanol–water partition coefficient (Wildman–Crippen LogP) is 3.70. The van der Waals surface area contributed by atoms with Crippen LogP contribution in [0.1, 0.15) is 41.0 Å². The minimum atomic E-state index is -0.619. The second-order valence-electron chi connectivity index (χ2n) is 6.71. The second kappa shape index (κ2) is 6.70. The molecule has 0 fully saturated rings. The molecule has 0 aromatic heterocycles. The molecule has 1 amide bonds. The van der Waals surface area contributed by atoms with Crippen LogP contribution in [0, 0.1) is 10.8 Å². The van der Waals surface area contributed by atoms with Crippen LogP contribution in [0.3, 0.4) is 0 Å². The van der Waals surface area contributed by atoms with E-state index < -0.39 is 10.8 Å². The molecule has 1 N–H and O–H groups in total. The molecule has 3 heteroatoms. The highest BCUT2D eigenvalue weighted by Crippen LogP contribution is 2.34. The van der Waals surface area contributed by atoms with Crippen molar-refractivity contribution in [1.82, 2.24) is 5.32 Å². The second-order valence-corrected chi connectivity index (χ2v) is 6.71. The van der Waals surface area contributed by atoms with Crippen molar-refractivity contribution in [2.75, 3.05) is 0 Å². The van der Waals surface area contributed by atoms with Crippen molar-refractivity contribution in [3.63, 3.8) is 0 Å². The molecule has 0 atom stereocenters. The number of Topliss-reactive ketones (excluding diaryl/α,β-unsaturated/α-hetero) is 1. The Balaban J connectivity index is 2.80. The van der Waals surface area contributed by atoms with E-state index in [1.165, 1.54) is 0 Å². The van der Waals surface area contributed by atoms with Gasteiger partial charge < -0.3 is 5.32 Å². The molecule has 21 heavy (non-hydrogen) atoms. The van der Waals surface area contributed by atoms with E-state index in [4.69, 9.17) is 0 Å². The van der Waals surface area contributed by atoms with Crippen molar-refractivity contribution >= 4 is 11.7 Å². The molecular weight excluding hydrogens is 262 g/mol. The van der Waals surface area contributed by atoms with Gasteiger partial charge in [0.2, 0.25) is 5.91 Å². The van der Waals surface area contributed by atoms with Crippen LogP contribution in [0.25, 0.3) is 0 Å². The average Bonchev–Trinajstić information content (AvgIpc) is 2.30. The highest BCUT2D eigenvalue weighted by molar-refractivity contribution is 5.86. The van der Waals surface area contributed by atoms with Crippen molar-refractivity contribution in [1.29, 1.82) is 0 Å². The van der Waals surface area contributed by atoms with Crippen molar-refractivity contribution < 1.29 is 9.59 Å². The third-order valence-corrected chi connectivity index (χ3v) is 3.71. The van der Waals surface area contributed by atoms with Gasteiger partial charge in [-0.25, -0.2) is 0 Å². The molecule has 0 unspecified atom stereocenters. The molecule has 0 bridgehead atoms. The Morgan fingerprint density at radius 2 is 1.52 bits per heavy atom. The highest BCUT2D eigenvalue weighted by Gasteiger charge is 2.37. The molecule has 0 aliphatic heterocycles. The molecule has 114 valence electrons. The van der Waals surface area contributed by atoms with Crippen LogP contribution in [-0.4, -0.2) is 11.7 Å². The fourth-order valence-electron chi connectivity index (χ4n) is 2.26. The topological polar surface area (TPSA) is 46.2 Å². The molecule has 0 spiro atoms. The Morgan fingerprint density at radius 1 is 0.952 bits per heavy atom. The zero-order chi connectivity index (χ0) is 16.1. The van der Waals surface area contributed by atoms with Gasteiger partial charge in [0.1, 0.15) is 5.78 Å². The lowest BCUT2D eigenvalue weighted by atomic mass is 9.72. The normalized spacial score (nSPS) is 18.2. The van der Waals surface area contributed by atoms with Gasteiger partial charge in [-0.3, -0.25) is 9.59 Å². The van der Waals surface area contributed by atoms with Gasteiger partial charge in [0.05, 0.1) is 0 Å². The van der Waals surface area contributed by atoms with E-state index in [0.717, 1.165) is 5.70 Å². The first-order valence-corrected chi connectivity index (χ1v) is 7.19. The number of hydrogen-bond acceptors (Lipinski definition) is 2. The van der Waals surface area contributed by atoms with E-state index >= 15 is 0 Å². The third-order valence-electron chi connectivity index (χ3n) is 3.71. The predicted molar refractivity (Wildman–Crippen MR) is 86.5 cm³/mol. The number of rotatable bonds is 5. The van der Waals surface area contributed by atoms with Crippen LogP contribution in [0.4, 0.5) is 0 Å². The lowest BCUT2D eigenvalue weighted by Crippen LogP contribution is -2.40. The lowest BCUT2D eigenvalue weighted by Gasteiger charge is -2.32. The Hall–Kier alpha value is -1.90. The Labute approximate surface area is 127 Å². The maximum Gasteiger partial charge on any atom is 0.230 e. The zero-order valence-corrected chi connectivity index (χ0v) is 13.6. The summed E-state index contributed by atoms with van der Waals surface area (Å²) in [5.41, 5.74) is -0.380. The van der Waals surface area contributed by atoms with E-state index in [2.05, 4.69) is 5.32 Å². The Morgan fingerprint density at radius 3 is 2.14 bits per heavy atom. The van der Waals surface area contributed by atoms with Crippen LogP contribution in [-0.2, 0) is 9.59 Å². The average molecular weight is 287 g/mol. The fourth-order valence-corrected chi connectivity index (χ4v) is 2.26. The van der Waals surface area contributed by atoms with Gasteiger partial charge in [-0.2, -0.15) is 0 Å². The summed E-state index contributed by atoms with van der Waals surface area (Å²) in [5.74, 6) is 0.0205. The number of nitrogens with one attached hydrogen (secondary N) is 1. The summed E-state index contributed by atoms with van der Waals surface area (Å²) >= 11 is 0. The van der Waals surface area contributed by atoms with Crippen molar-refractivity contribution in [2.45, 2.75) is 41.0 Å². The molecule has 1 aliphatic rings. The quantitative estimate of drug-likeness (QED) is 0.838. The van der Waals surface area contributed by atoms with Gasteiger partial charge in [-0.15, -0.1) is 0 Å². The Bertz CT molecular complexity index is 531. The van der Waals surface area contributed by atoms with Gasteiger partial charge in [0.15, 0.2) is 0 Å². The van der Waals surface area contributed by atoms with Gasteiger partial charge in [0.25, 0.3) is 0 Å². The summed E-state index contributed by atoms with van der Waals surface area (Å²) in [6.45, 7) is 9.08. The summed E-state index contributed by atoms with van der Waals surface area (Å²) in [6.07, 6.45) is 13.7. The number of ketones is 1. The summed E-state index contributed by atoms with van der Waals surface area (Å²) in [7, 11) is 0. The molecule has 0 aromatic carbocycles. The van der Waals surface area contributed by atoms with Gasteiger partial charge in [-0.1, -0.05) is 58.1 Å². The van der Waals surface area contributed by atoms with E-state index in [1.807, 2.05) is 70.2 Å². The molecule has 3 nitrogen and oxygen atoms in total. The van der Waals surface area contributed by atoms with Gasteiger partial charge in [-0.05, 0) is 25.5 Å². The van der Waals surface area contributed by atoms with Crippen molar-refractivity contribution in [3.05, 3.63) is 48.2 Å². The summed E-state index contributed by atoms with van der Waals surface area (Å²) in [5, 5.41) is 2.93. The third kappa shape index (κ3) is 5.18. The highest BCUT2D eigenvalue weighted by atomic mass is 16.2. The number of allylic oxidation sites excluding steroid dienone is 7. The van der Waals surface area contributed by atoms with Gasteiger partial charge in [0, 0.05) is 16.5 Å². The maximum atomic E-state index is 12.5. The monoisotopic (exact) mass is 287 g/mol. The first-order valence-electron chi connectivity index (χ1n) is 7.19. The molecule has 1 rings (SSSR count). The molecule has 0 saturated heterocycles. The maximum absolute atomic E-state index is 12.5. The van der Waals surface area contributed by atoms with E-state index in [1.54, 1.807) is 6.92 Å². The molecule has 0 radical (unpaired) electrons. The van der Waals surface area contributed by atoms with E-state index in [9.17, 15) is 9.59 Å². The summed E-state index contributed by atoms with van der Waals surface area (Å²) < 4.78 is 0. The SMILES string of the molecule is CC(=O)C(C)(C)CC(C)(C)C(=O)NC1=C/C=C\C=C/C=C1. The smallest absolute Gasteiger partial charge is 0.230 e. The number of carbonyl (C=O) groups excluding carboxylic acids is 2. The molecule has 1 aliphatic carbocycles. The fraction of sp³-hybridized carbons (Fsp3) is 0.444. The van der Waals surface area contributed by atoms with Crippen LogP contribution in [0.5, 0.6) is 0 Å². The van der Waals surface area contributed by atoms with Crippen molar-refractivity contribution in [3.8, 4) is 0 Å². The molecule has 0 heterocycles. The first-order chi connectivity index (χ1) is 9.65. The lowest BCUT2D eigenvalue weighted by molar-refractivity contribution is -0.133. The van der Waals surface area contributed by atoms with Crippen LogP contribution in [0.15, 0.2) is 48.2 Å². The van der Waals surface area contributed by atoms with E-state index in [-0.39, 0.29) is 11.7 Å². The first kappa shape index (κ1) is 17.2. The zero-order valence-electron chi connectivity index (χ0n) is 13.6. The number of carbonyl (C=O) groups is 2. The van der Waals surface area contributed by atoms with Crippen molar-refractivity contribution in [2.24, 2.45) is 10.8 Å². The molecule has 0 aromatic rings. The largest absolute Gasteiger partial charge is 0.326 e. The summed E-state index contributed by atoms with van der Waals surface area (Å²) in [6, 6.07) is 0. The minimum absolute atomic E-state index is 0.0781. The number of amides is 1. The van der Waals surface area contributed by atoms with Crippen LogP contribution >= 0.6 is 0 Å². The Kier molecular flexibility index (Phi) is 5.47. The standard InChI is InChI=1S/C18H25NO2/c1-14(20)17(2,3)13-18(4,5)16(21)19-15-11-9-7-6-8-10-12-15/h6-12H,13H2,1-5H3,(H,19,21)/b7-6-,8-6?,9-7?,10-8-,11-9?,12-10?,15-11?,15-12?. The molecular formula is C18H25NO2. The number of hydrogen-bond donors (Lipinski definition) is 1. The van der Waals surface area contributed by atoms with Crippen LogP contribution < -0.4 is 5.32 Å². The van der Waals surface area contributed by atoms with Gasteiger partial charge >= 0.3 is 0 Å².